The summed E-state index contributed by atoms with van der Waals surface area (Å²) in [6.07, 6.45) is 2.59. The van der Waals surface area contributed by atoms with E-state index < -0.39 is 16.4 Å². The maximum Gasteiger partial charge on any atom is 0.276 e. The average Bonchev–Trinajstić information content (AvgIpc) is 2.76. The summed E-state index contributed by atoms with van der Waals surface area (Å²) in [4.78, 5) is 35.4. The first kappa shape index (κ1) is 21.2. The minimum Gasteiger partial charge on any atom is -0.504 e. The lowest BCUT2D eigenvalue weighted by Crippen LogP contribution is -2.30. The number of pyridine rings is 1. The van der Waals surface area contributed by atoms with Crippen molar-refractivity contribution in [3.63, 3.8) is 0 Å². The number of ether oxygens (including phenoxy) is 1. The molecule has 0 aliphatic carbocycles. The van der Waals surface area contributed by atoms with Gasteiger partial charge in [0, 0.05) is 17.8 Å². The largest absolute Gasteiger partial charge is 0.504 e. The Kier molecular flexibility index (Phi) is 6.41. The van der Waals surface area contributed by atoms with E-state index in [0.717, 1.165) is 23.9 Å². The molecule has 0 aliphatic rings. The maximum atomic E-state index is 12.6. The van der Waals surface area contributed by atoms with E-state index in [9.17, 15) is 24.8 Å². The molecule has 10 heteroatoms. The van der Waals surface area contributed by atoms with Gasteiger partial charge in [-0.2, -0.15) is 5.10 Å². The monoisotopic (exact) mass is 422 g/mol. The lowest BCUT2D eigenvalue weighted by atomic mass is 10.2. The molecule has 0 spiro atoms. The number of carbonyl (C=O) groups excluding carboxylic acids is 1. The van der Waals surface area contributed by atoms with E-state index >= 15 is 0 Å². The van der Waals surface area contributed by atoms with Gasteiger partial charge in [0.25, 0.3) is 17.2 Å². The Bertz CT molecular complexity index is 1200. The van der Waals surface area contributed by atoms with Gasteiger partial charge in [-0.25, -0.2) is 5.43 Å². The van der Waals surface area contributed by atoms with E-state index in [-0.39, 0.29) is 28.3 Å². The number of benzene rings is 2. The van der Waals surface area contributed by atoms with Crippen molar-refractivity contribution >= 4 is 17.8 Å². The van der Waals surface area contributed by atoms with Crippen LogP contribution in [0.1, 0.15) is 21.5 Å². The minimum atomic E-state index is -0.763. The molecule has 2 N–H and O–H groups in total. The number of phenols is 1. The lowest BCUT2D eigenvalue weighted by molar-refractivity contribution is -0.385. The summed E-state index contributed by atoms with van der Waals surface area (Å²) in [5.41, 5.74) is 2.09. The second kappa shape index (κ2) is 9.35. The fourth-order valence-corrected chi connectivity index (χ4v) is 2.81. The van der Waals surface area contributed by atoms with E-state index in [1.54, 1.807) is 12.3 Å². The van der Waals surface area contributed by atoms with E-state index in [4.69, 9.17) is 4.74 Å². The Labute approximate surface area is 176 Å². The van der Waals surface area contributed by atoms with Crippen LogP contribution in [0.25, 0.3) is 0 Å². The third kappa shape index (κ3) is 4.93. The molecule has 3 aromatic rings. The van der Waals surface area contributed by atoms with Crippen LogP contribution in [0.2, 0.25) is 0 Å². The van der Waals surface area contributed by atoms with Gasteiger partial charge in [0.1, 0.15) is 5.56 Å². The van der Waals surface area contributed by atoms with Crippen LogP contribution in [0.5, 0.6) is 11.5 Å². The van der Waals surface area contributed by atoms with Gasteiger partial charge in [-0.3, -0.25) is 19.7 Å². The standard InChI is InChI=1S/C21H18N4O6/c1-31-18-11-16(25(29)30)10-15(19(18)26)12-22-23-20(27)17-8-5-9-24(21(17)28)13-14-6-3-2-4-7-14/h2-12,26H,13H2,1H3,(H,23,27)/b22-12-. The predicted molar refractivity (Wildman–Crippen MR) is 113 cm³/mol. The van der Waals surface area contributed by atoms with Gasteiger partial charge in [0.15, 0.2) is 11.5 Å². The molecule has 3 rings (SSSR count). The quantitative estimate of drug-likeness (QED) is 0.341. The van der Waals surface area contributed by atoms with Crippen LogP contribution in [0, 0.1) is 10.1 Å². The summed E-state index contributed by atoms with van der Waals surface area (Å²) in [7, 11) is 1.25. The number of hydrazone groups is 1. The number of aromatic nitrogens is 1. The third-order valence-corrected chi connectivity index (χ3v) is 4.35. The number of aromatic hydroxyl groups is 1. The number of hydrogen-bond acceptors (Lipinski definition) is 7. The summed E-state index contributed by atoms with van der Waals surface area (Å²) in [6, 6.07) is 14.4. The van der Waals surface area contributed by atoms with Crippen LogP contribution in [0.4, 0.5) is 5.69 Å². The molecule has 0 radical (unpaired) electrons. The lowest BCUT2D eigenvalue weighted by Gasteiger charge is -2.08. The molecule has 31 heavy (non-hydrogen) atoms. The molecule has 0 saturated carbocycles. The topological polar surface area (TPSA) is 136 Å². The zero-order valence-corrected chi connectivity index (χ0v) is 16.4. The zero-order valence-electron chi connectivity index (χ0n) is 16.4. The van der Waals surface area contributed by atoms with Crippen molar-refractivity contribution in [2.24, 2.45) is 5.10 Å². The first-order chi connectivity index (χ1) is 14.9. The van der Waals surface area contributed by atoms with Gasteiger partial charge in [-0.1, -0.05) is 30.3 Å². The molecule has 1 amide bonds. The molecule has 0 unspecified atom stereocenters. The zero-order chi connectivity index (χ0) is 22.4. The highest BCUT2D eigenvalue weighted by Gasteiger charge is 2.16. The summed E-state index contributed by atoms with van der Waals surface area (Å²) in [5.74, 6) is -1.26. The highest BCUT2D eigenvalue weighted by atomic mass is 16.6. The van der Waals surface area contributed by atoms with Crippen molar-refractivity contribution in [3.05, 3.63) is 98.0 Å². The Morgan fingerprint density at radius 3 is 2.68 bits per heavy atom. The molecule has 0 saturated heterocycles. The molecule has 2 aromatic carbocycles. The van der Waals surface area contributed by atoms with Crippen LogP contribution in [0.15, 0.2) is 70.7 Å². The molecule has 0 fully saturated rings. The molecular formula is C21H18N4O6. The van der Waals surface area contributed by atoms with Crippen LogP contribution >= 0.6 is 0 Å². The SMILES string of the molecule is COc1cc([N+](=O)[O-])cc(/C=N\NC(=O)c2cccn(Cc3ccccc3)c2=O)c1O. The van der Waals surface area contributed by atoms with Gasteiger partial charge in [0.2, 0.25) is 0 Å². The molecule has 0 bridgehead atoms. The highest BCUT2D eigenvalue weighted by molar-refractivity contribution is 5.95. The second-order valence-corrected chi connectivity index (χ2v) is 6.38. The van der Waals surface area contributed by atoms with Crippen molar-refractivity contribution in [1.29, 1.82) is 0 Å². The number of phenolic OH excluding ortho intramolecular Hbond substituents is 1. The van der Waals surface area contributed by atoms with Gasteiger partial charge in [-0.05, 0) is 17.7 Å². The number of carbonyl (C=O) groups is 1. The Morgan fingerprint density at radius 2 is 2.00 bits per heavy atom. The summed E-state index contributed by atoms with van der Waals surface area (Å²) < 4.78 is 6.30. The number of nitrogens with one attached hydrogen (secondary N) is 1. The maximum absolute atomic E-state index is 12.6. The number of hydrogen-bond donors (Lipinski definition) is 2. The number of non-ortho nitro benzene ring substituents is 1. The summed E-state index contributed by atoms with van der Waals surface area (Å²) in [5, 5.41) is 24.8. The minimum absolute atomic E-state index is 0.0408. The van der Waals surface area contributed by atoms with Gasteiger partial charge < -0.3 is 14.4 Å². The van der Waals surface area contributed by atoms with Gasteiger partial charge in [0.05, 0.1) is 30.9 Å². The molecule has 0 atom stereocenters. The number of amides is 1. The molecule has 0 aliphatic heterocycles. The first-order valence-electron chi connectivity index (χ1n) is 9.03. The van der Waals surface area contributed by atoms with Crippen molar-refractivity contribution in [3.8, 4) is 11.5 Å². The Morgan fingerprint density at radius 1 is 1.26 bits per heavy atom. The number of nitro benzene ring substituents is 1. The van der Waals surface area contributed by atoms with E-state index in [2.05, 4.69) is 10.5 Å². The first-order valence-corrected chi connectivity index (χ1v) is 9.03. The average molecular weight is 422 g/mol. The van der Waals surface area contributed by atoms with Gasteiger partial charge in [-0.15, -0.1) is 0 Å². The van der Waals surface area contributed by atoms with Gasteiger partial charge >= 0.3 is 0 Å². The van der Waals surface area contributed by atoms with Crippen LogP contribution in [-0.4, -0.2) is 33.8 Å². The van der Waals surface area contributed by atoms with Crippen LogP contribution in [0.3, 0.4) is 0 Å². The fraction of sp³-hybridized carbons (Fsp3) is 0.0952. The summed E-state index contributed by atoms with van der Waals surface area (Å²) >= 11 is 0. The Balaban J connectivity index is 1.79. The number of rotatable bonds is 7. The molecule has 158 valence electrons. The smallest absolute Gasteiger partial charge is 0.276 e. The molecule has 1 heterocycles. The van der Waals surface area contributed by atoms with Crippen molar-refractivity contribution in [2.75, 3.05) is 7.11 Å². The molecular weight excluding hydrogens is 404 g/mol. The summed E-state index contributed by atoms with van der Waals surface area (Å²) in [6.45, 7) is 0.297. The van der Waals surface area contributed by atoms with Crippen LogP contribution in [-0.2, 0) is 6.54 Å². The van der Waals surface area contributed by atoms with Crippen LogP contribution < -0.4 is 15.7 Å². The van der Waals surface area contributed by atoms with Crippen molar-refractivity contribution < 1.29 is 19.6 Å². The predicted octanol–water partition coefficient (Wildman–Crippen LogP) is 2.28. The fourth-order valence-electron chi connectivity index (χ4n) is 2.81. The Hall–Kier alpha value is -4.47. The highest BCUT2D eigenvalue weighted by Crippen LogP contribution is 2.33. The number of nitro groups is 1. The normalized spacial score (nSPS) is 10.7. The van der Waals surface area contributed by atoms with Crippen molar-refractivity contribution in [1.82, 2.24) is 9.99 Å². The van der Waals surface area contributed by atoms with Crippen molar-refractivity contribution in [2.45, 2.75) is 6.54 Å². The second-order valence-electron chi connectivity index (χ2n) is 6.38. The van der Waals surface area contributed by atoms with E-state index in [1.165, 1.54) is 17.7 Å². The third-order valence-electron chi connectivity index (χ3n) is 4.35. The number of methoxy groups -OCH3 is 1. The molecule has 10 nitrogen and oxygen atoms in total. The van der Waals surface area contributed by atoms with E-state index in [0.29, 0.717) is 6.54 Å². The number of nitrogens with zero attached hydrogens (tertiary/aromatic N) is 3. The molecule has 1 aromatic heterocycles. The van der Waals surface area contributed by atoms with E-state index in [1.807, 2.05) is 30.3 Å².